The van der Waals surface area contributed by atoms with E-state index in [-0.39, 0.29) is 0 Å². The second kappa shape index (κ2) is 4.55. The SMILES string of the molecule is C1=C2c3c(ccc4ccccc34)NC2C2Sc3ccccc3C2=C1. The van der Waals surface area contributed by atoms with Crippen molar-refractivity contribution in [3.05, 3.63) is 83.9 Å². The van der Waals surface area contributed by atoms with Crippen molar-refractivity contribution < 1.29 is 0 Å². The molecule has 0 fully saturated rings. The van der Waals surface area contributed by atoms with Crippen molar-refractivity contribution in [1.82, 2.24) is 0 Å². The molecule has 0 spiro atoms. The van der Waals surface area contributed by atoms with Crippen molar-refractivity contribution in [1.29, 1.82) is 0 Å². The van der Waals surface area contributed by atoms with Crippen LogP contribution in [0.1, 0.15) is 11.1 Å². The molecule has 1 N–H and O–H groups in total. The number of anilines is 1. The smallest absolute Gasteiger partial charge is 0.0684 e. The van der Waals surface area contributed by atoms with E-state index in [1.165, 1.54) is 43.6 Å². The predicted octanol–water partition coefficient (Wildman–Crippen LogP) is 5.59. The molecule has 0 saturated heterocycles. The molecule has 2 unspecified atom stereocenters. The Hall–Kier alpha value is -2.45. The van der Waals surface area contributed by atoms with Crippen molar-refractivity contribution in [3.63, 3.8) is 0 Å². The molecular weight excluding hydrogens is 310 g/mol. The van der Waals surface area contributed by atoms with Gasteiger partial charge in [-0.15, -0.1) is 11.8 Å². The normalized spacial score (nSPS) is 22.8. The summed E-state index contributed by atoms with van der Waals surface area (Å²) in [6.07, 6.45) is 4.68. The lowest BCUT2D eigenvalue weighted by Crippen LogP contribution is -2.29. The van der Waals surface area contributed by atoms with E-state index in [4.69, 9.17) is 0 Å². The fourth-order valence-electron chi connectivity index (χ4n) is 4.30. The largest absolute Gasteiger partial charge is 0.376 e. The van der Waals surface area contributed by atoms with Crippen LogP contribution in [-0.2, 0) is 0 Å². The molecule has 2 heteroatoms. The molecule has 3 aromatic carbocycles. The minimum Gasteiger partial charge on any atom is -0.376 e. The third-order valence-corrected chi connectivity index (χ3v) is 6.76. The summed E-state index contributed by atoms with van der Waals surface area (Å²) in [6.45, 7) is 0. The van der Waals surface area contributed by atoms with Crippen LogP contribution in [0.3, 0.4) is 0 Å². The van der Waals surface area contributed by atoms with Gasteiger partial charge in [0.05, 0.1) is 11.3 Å². The molecule has 3 aliphatic rings. The van der Waals surface area contributed by atoms with Crippen molar-refractivity contribution >= 4 is 39.4 Å². The molecule has 2 atom stereocenters. The van der Waals surface area contributed by atoms with E-state index in [1.54, 1.807) is 0 Å². The summed E-state index contributed by atoms with van der Waals surface area (Å²) in [7, 11) is 0. The van der Waals surface area contributed by atoms with Gasteiger partial charge in [-0.05, 0) is 39.6 Å². The Morgan fingerprint density at radius 1 is 0.792 bits per heavy atom. The Morgan fingerprint density at radius 3 is 2.62 bits per heavy atom. The molecule has 6 rings (SSSR count). The molecule has 2 aliphatic heterocycles. The molecule has 1 nitrogen and oxygen atoms in total. The number of nitrogens with one attached hydrogen (secondary N) is 1. The molecule has 3 aromatic rings. The van der Waals surface area contributed by atoms with Gasteiger partial charge in [-0.2, -0.15) is 0 Å². The maximum absolute atomic E-state index is 3.80. The number of benzene rings is 3. The number of rotatable bonds is 0. The zero-order valence-electron chi connectivity index (χ0n) is 13.0. The first-order valence-electron chi connectivity index (χ1n) is 8.37. The minimum absolute atomic E-state index is 0.364. The topological polar surface area (TPSA) is 12.0 Å². The average Bonchev–Trinajstić information content (AvgIpc) is 3.20. The van der Waals surface area contributed by atoms with Crippen LogP contribution in [0.25, 0.3) is 21.9 Å². The zero-order valence-corrected chi connectivity index (χ0v) is 13.8. The van der Waals surface area contributed by atoms with Gasteiger partial charge >= 0.3 is 0 Å². The summed E-state index contributed by atoms with van der Waals surface area (Å²) in [5.41, 5.74) is 6.98. The second-order valence-corrected chi connectivity index (χ2v) is 7.79. The van der Waals surface area contributed by atoms with Gasteiger partial charge in [-0.25, -0.2) is 0 Å². The quantitative estimate of drug-likeness (QED) is 0.578. The molecule has 2 heterocycles. The van der Waals surface area contributed by atoms with Gasteiger partial charge in [0.1, 0.15) is 0 Å². The Labute approximate surface area is 145 Å². The average molecular weight is 325 g/mol. The van der Waals surface area contributed by atoms with Crippen molar-refractivity contribution in [2.24, 2.45) is 0 Å². The van der Waals surface area contributed by atoms with E-state index in [2.05, 4.69) is 78.1 Å². The van der Waals surface area contributed by atoms with Crippen LogP contribution in [0.2, 0.25) is 0 Å². The van der Waals surface area contributed by atoms with E-state index in [0.717, 1.165) is 0 Å². The lowest BCUT2D eigenvalue weighted by Gasteiger charge is -2.25. The first kappa shape index (κ1) is 12.9. The predicted molar refractivity (Wildman–Crippen MR) is 103 cm³/mol. The van der Waals surface area contributed by atoms with Gasteiger partial charge in [0.2, 0.25) is 0 Å². The maximum atomic E-state index is 3.80. The van der Waals surface area contributed by atoms with Crippen LogP contribution in [0, 0.1) is 0 Å². The standard InChI is InChI=1S/C22H15NS/c1-2-6-14-13(5-1)9-12-18-20(14)17-11-10-16-15-7-3-4-8-19(15)24-22(16)21(17)23-18/h1-12,21-23H. The first-order valence-corrected chi connectivity index (χ1v) is 9.24. The van der Waals surface area contributed by atoms with Gasteiger partial charge in [-0.1, -0.05) is 60.7 Å². The lowest BCUT2D eigenvalue weighted by molar-refractivity contribution is 0.969. The van der Waals surface area contributed by atoms with Crippen molar-refractivity contribution in [2.45, 2.75) is 16.2 Å². The highest BCUT2D eigenvalue weighted by molar-refractivity contribution is 8.01. The van der Waals surface area contributed by atoms with E-state index >= 15 is 0 Å². The highest BCUT2D eigenvalue weighted by atomic mass is 32.2. The lowest BCUT2D eigenvalue weighted by atomic mass is 9.87. The monoisotopic (exact) mass is 325 g/mol. The Bertz CT molecular complexity index is 1080. The Kier molecular flexibility index (Phi) is 2.45. The number of thioether (sulfide) groups is 1. The summed E-state index contributed by atoms with van der Waals surface area (Å²) in [5, 5.41) is 6.94. The number of fused-ring (bicyclic) bond motifs is 9. The summed E-state index contributed by atoms with van der Waals surface area (Å²) < 4.78 is 0. The van der Waals surface area contributed by atoms with Crippen LogP contribution in [0.4, 0.5) is 5.69 Å². The molecule has 0 amide bonds. The number of hydrogen-bond donors (Lipinski definition) is 1. The fraction of sp³-hybridized carbons (Fsp3) is 0.0909. The third kappa shape index (κ3) is 1.57. The van der Waals surface area contributed by atoms with Gasteiger partial charge in [0.15, 0.2) is 0 Å². The number of hydrogen-bond acceptors (Lipinski definition) is 2. The fourth-order valence-corrected chi connectivity index (χ4v) is 5.73. The molecule has 0 saturated carbocycles. The first-order chi connectivity index (χ1) is 11.9. The highest BCUT2D eigenvalue weighted by Crippen LogP contribution is 2.54. The molecule has 114 valence electrons. The summed E-state index contributed by atoms with van der Waals surface area (Å²) in [4.78, 5) is 1.41. The van der Waals surface area contributed by atoms with Crippen molar-refractivity contribution in [3.8, 4) is 0 Å². The summed E-state index contributed by atoms with van der Waals surface area (Å²) in [5.74, 6) is 0. The maximum Gasteiger partial charge on any atom is 0.0684 e. The van der Waals surface area contributed by atoms with Crippen LogP contribution in [0.5, 0.6) is 0 Å². The molecule has 0 aromatic heterocycles. The highest BCUT2D eigenvalue weighted by Gasteiger charge is 2.41. The summed E-state index contributed by atoms with van der Waals surface area (Å²) >= 11 is 2.00. The van der Waals surface area contributed by atoms with Crippen LogP contribution >= 0.6 is 11.8 Å². The van der Waals surface area contributed by atoms with Crippen LogP contribution in [-0.4, -0.2) is 11.3 Å². The molecule has 0 bridgehead atoms. The van der Waals surface area contributed by atoms with E-state index < -0.39 is 0 Å². The zero-order chi connectivity index (χ0) is 15.7. The third-order valence-electron chi connectivity index (χ3n) is 5.37. The Morgan fingerprint density at radius 2 is 1.62 bits per heavy atom. The van der Waals surface area contributed by atoms with Gasteiger partial charge in [-0.3, -0.25) is 0 Å². The van der Waals surface area contributed by atoms with E-state index in [0.29, 0.717) is 11.3 Å². The van der Waals surface area contributed by atoms with E-state index in [1.807, 2.05) is 11.8 Å². The van der Waals surface area contributed by atoms with E-state index in [9.17, 15) is 0 Å². The van der Waals surface area contributed by atoms with Gasteiger partial charge < -0.3 is 5.32 Å². The van der Waals surface area contributed by atoms with Crippen LogP contribution in [0.15, 0.2) is 77.7 Å². The molecular formula is C22H15NS. The molecule has 24 heavy (non-hydrogen) atoms. The minimum atomic E-state index is 0.364. The van der Waals surface area contributed by atoms with Crippen molar-refractivity contribution in [2.75, 3.05) is 5.32 Å². The van der Waals surface area contributed by atoms with Gasteiger partial charge in [0, 0.05) is 16.1 Å². The number of allylic oxidation sites excluding steroid dienone is 2. The second-order valence-electron chi connectivity index (χ2n) is 6.61. The molecule has 1 aliphatic carbocycles. The van der Waals surface area contributed by atoms with Gasteiger partial charge in [0.25, 0.3) is 0 Å². The van der Waals surface area contributed by atoms with Crippen LogP contribution < -0.4 is 5.32 Å². The summed E-state index contributed by atoms with van der Waals surface area (Å²) in [6, 6.07) is 22.3. The Balaban J connectivity index is 1.57. The molecule has 0 radical (unpaired) electrons.